The van der Waals surface area contributed by atoms with Crippen molar-refractivity contribution in [1.82, 2.24) is 0 Å². The Balaban J connectivity index is 0.000000887. The first-order valence-electron chi connectivity index (χ1n) is 8.15. The Hall–Kier alpha value is -2.62. The highest BCUT2D eigenvalue weighted by atomic mass is 19.4. The molecule has 7 nitrogen and oxygen atoms in total. The number of carboxylic acid groups (broad SMARTS) is 2. The van der Waals surface area contributed by atoms with Crippen LogP contribution in [-0.4, -0.2) is 35.2 Å². The van der Waals surface area contributed by atoms with Crippen LogP contribution in [0.3, 0.4) is 0 Å². The Morgan fingerprint density at radius 1 is 1.21 bits per heavy atom. The van der Waals surface area contributed by atoms with Gasteiger partial charge in [0, 0.05) is 11.0 Å². The van der Waals surface area contributed by atoms with Crippen LogP contribution in [0.25, 0.3) is 0 Å². The molecule has 0 heterocycles. The van der Waals surface area contributed by atoms with Crippen molar-refractivity contribution < 1.29 is 48.2 Å². The Kier molecular flexibility index (Phi) is 8.65. The van der Waals surface area contributed by atoms with E-state index >= 15 is 0 Å². The number of benzene rings is 1. The number of carbonyl (C=O) groups is 3. The summed E-state index contributed by atoms with van der Waals surface area (Å²) in [4.78, 5) is 31.7. The number of hydrogen-bond acceptors (Lipinski definition) is 5. The third kappa shape index (κ3) is 7.95. The first kappa shape index (κ1) is 25.4. The molecule has 1 aromatic carbocycles. The summed E-state index contributed by atoms with van der Waals surface area (Å²) in [5, 5.41) is 17.9. The number of halogens is 3. The predicted octanol–water partition coefficient (Wildman–Crippen LogP) is 0.890. The fourth-order valence-corrected chi connectivity index (χ4v) is 2.55. The summed E-state index contributed by atoms with van der Waals surface area (Å²) < 4.78 is 37.0. The lowest BCUT2D eigenvalue weighted by Crippen LogP contribution is -2.64. The zero-order valence-electron chi connectivity index (χ0n) is 16.3. The summed E-state index contributed by atoms with van der Waals surface area (Å²) in [5.74, 6) is -3.89. The maximum absolute atomic E-state index is 11.8. The van der Waals surface area contributed by atoms with Crippen molar-refractivity contribution in [3.05, 3.63) is 28.8 Å². The Morgan fingerprint density at radius 3 is 2.04 bits per heavy atom. The molecule has 28 heavy (non-hydrogen) atoms. The van der Waals surface area contributed by atoms with E-state index in [1.165, 1.54) is 0 Å². The van der Waals surface area contributed by atoms with Crippen LogP contribution in [0.15, 0.2) is 12.1 Å². The quantitative estimate of drug-likeness (QED) is 0.550. The average Bonchev–Trinajstić information content (AvgIpc) is 2.43. The van der Waals surface area contributed by atoms with Gasteiger partial charge in [0.2, 0.25) is 0 Å². The lowest BCUT2D eigenvalue weighted by Gasteiger charge is -2.28. The molecule has 0 bridgehead atoms. The van der Waals surface area contributed by atoms with Gasteiger partial charge in [-0.2, -0.15) is 13.2 Å². The number of esters is 1. The number of quaternary nitrogens is 1. The molecular weight excluding hydrogens is 383 g/mol. The van der Waals surface area contributed by atoms with Gasteiger partial charge in [0.25, 0.3) is 0 Å². The van der Waals surface area contributed by atoms with Crippen LogP contribution in [0.2, 0.25) is 0 Å². The van der Waals surface area contributed by atoms with Crippen molar-refractivity contribution in [3.8, 4) is 5.75 Å². The van der Waals surface area contributed by atoms with Crippen molar-refractivity contribution in [2.75, 3.05) is 0 Å². The van der Waals surface area contributed by atoms with Crippen LogP contribution in [0, 0.1) is 13.8 Å². The molecule has 4 N–H and O–H groups in total. The van der Waals surface area contributed by atoms with E-state index in [2.05, 4.69) is 5.73 Å². The van der Waals surface area contributed by atoms with Gasteiger partial charge >= 0.3 is 18.1 Å². The van der Waals surface area contributed by atoms with Crippen molar-refractivity contribution >= 4 is 17.9 Å². The number of ether oxygens (including phenoxy) is 1. The molecule has 1 atom stereocenters. The molecule has 1 aromatic rings. The summed E-state index contributed by atoms with van der Waals surface area (Å²) in [6.45, 7) is 9.14. The minimum absolute atomic E-state index is 0.0403. The van der Waals surface area contributed by atoms with E-state index in [1.54, 1.807) is 13.0 Å². The SMILES string of the molecule is Cc1cc(C)c(C(C)(C)CC(=O)O)c(OC(=O)[C@H](C)[NH3+])c1.O=C([O-])C(F)(F)F. The molecule has 0 aliphatic carbocycles. The fraction of sp³-hybridized carbons (Fsp3) is 0.500. The van der Waals surface area contributed by atoms with Crippen LogP contribution in [-0.2, 0) is 19.8 Å². The second kappa shape index (κ2) is 9.54. The second-order valence-corrected chi connectivity index (χ2v) is 7.02. The highest BCUT2D eigenvalue weighted by Gasteiger charge is 2.31. The van der Waals surface area contributed by atoms with Gasteiger partial charge in [0.05, 0.1) is 6.42 Å². The maximum Gasteiger partial charge on any atom is 0.430 e. The van der Waals surface area contributed by atoms with E-state index in [0.29, 0.717) is 5.75 Å². The van der Waals surface area contributed by atoms with E-state index in [4.69, 9.17) is 19.7 Å². The number of carboxylic acids is 2. The minimum Gasteiger partial charge on any atom is -0.542 e. The number of aryl methyl sites for hydroxylation is 2. The molecule has 0 aliphatic rings. The van der Waals surface area contributed by atoms with Gasteiger partial charge in [-0.05, 0) is 38.0 Å². The molecule has 0 saturated heterocycles. The van der Waals surface area contributed by atoms with Gasteiger partial charge in [0.1, 0.15) is 11.7 Å². The molecule has 0 amide bonds. The molecular formula is C18H24F3NO6. The maximum atomic E-state index is 11.8. The highest BCUT2D eigenvalue weighted by Crippen LogP contribution is 2.38. The predicted molar refractivity (Wildman–Crippen MR) is 90.2 cm³/mol. The molecule has 0 unspecified atom stereocenters. The normalized spacial score (nSPS) is 12.5. The lowest BCUT2D eigenvalue weighted by molar-refractivity contribution is -0.401. The van der Waals surface area contributed by atoms with Gasteiger partial charge in [-0.15, -0.1) is 0 Å². The van der Waals surface area contributed by atoms with Gasteiger partial charge < -0.3 is 25.5 Å². The molecule has 158 valence electrons. The summed E-state index contributed by atoms with van der Waals surface area (Å²) in [5.41, 5.74) is 5.65. The molecule has 0 radical (unpaired) electrons. The zero-order valence-corrected chi connectivity index (χ0v) is 16.3. The number of aliphatic carboxylic acids is 2. The fourth-order valence-electron chi connectivity index (χ4n) is 2.55. The third-order valence-corrected chi connectivity index (χ3v) is 3.56. The summed E-state index contributed by atoms with van der Waals surface area (Å²) in [7, 11) is 0. The van der Waals surface area contributed by atoms with E-state index in [0.717, 1.165) is 16.7 Å². The smallest absolute Gasteiger partial charge is 0.430 e. The topological polar surface area (TPSA) is 131 Å². The lowest BCUT2D eigenvalue weighted by atomic mass is 9.78. The molecule has 10 heteroatoms. The minimum atomic E-state index is -5.19. The summed E-state index contributed by atoms with van der Waals surface area (Å²) in [6, 6.07) is 3.25. The van der Waals surface area contributed by atoms with Crippen molar-refractivity contribution in [3.63, 3.8) is 0 Å². The van der Waals surface area contributed by atoms with Crippen molar-refractivity contribution in [2.45, 2.75) is 58.7 Å². The monoisotopic (exact) mass is 407 g/mol. The molecule has 0 saturated carbocycles. The van der Waals surface area contributed by atoms with Crippen LogP contribution < -0.4 is 15.6 Å². The molecule has 1 rings (SSSR count). The molecule has 0 spiro atoms. The van der Waals surface area contributed by atoms with Gasteiger partial charge in [-0.25, -0.2) is 4.79 Å². The molecule has 0 aromatic heterocycles. The standard InChI is InChI=1S/C16H23NO4.C2HF3O2/c1-9-6-10(2)14(16(4,5)8-13(18)19)12(7-9)21-15(20)11(3)17;3-2(4,5)1(6)7/h6-7,11H,8,17H2,1-5H3,(H,18,19);(H,6,7)/t11-;/m0./s1. The van der Waals surface area contributed by atoms with E-state index in [1.807, 2.05) is 33.8 Å². The Morgan fingerprint density at radius 2 is 1.68 bits per heavy atom. The first-order chi connectivity index (χ1) is 12.5. The summed E-state index contributed by atoms with van der Waals surface area (Å²) >= 11 is 0. The van der Waals surface area contributed by atoms with E-state index in [-0.39, 0.29) is 6.42 Å². The van der Waals surface area contributed by atoms with Crippen molar-refractivity contribution in [2.24, 2.45) is 0 Å². The van der Waals surface area contributed by atoms with Gasteiger partial charge in [0.15, 0.2) is 6.04 Å². The Labute approximate surface area is 160 Å². The van der Waals surface area contributed by atoms with E-state index in [9.17, 15) is 22.8 Å². The van der Waals surface area contributed by atoms with Gasteiger partial charge in [-0.1, -0.05) is 19.9 Å². The average molecular weight is 407 g/mol. The van der Waals surface area contributed by atoms with Crippen molar-refractivity contribution in [1.29, 1.82) is 0 Å². The Bertz CT molecular complexity index is 742. The summed E-state index contributed by atoms with van der Waals surface area (Å²) in [6.07, 6.45) is -5.23. The van der Waals surface area contributed by atoms with E-state index < -0.39 is 35.5 Å². The third-order valence-electron chi connectivity index (χ3n) is 3.56. The van der Waals surface area contributed by atoms with Crippen LogP contribution in [0.5, 0.6) is 5.75 Å². The highest BCUT2D eigenvalue weighted by molar-refractivity contribution is 5.77. The number of carbonyl (C=O) groups excluding carboxylic acids is 2. The van der Waals surface area contributed by atoms with Crippen LogP contribution in [0.4, 0.5) is 13.2 Å². The zero-order chi connectivity index (χ0) is 22.4. The van der Waals surface area contributed by atoms with Crippen LogP contribution >= 0.6 is 0 Å². The molecule has 0 fully saturated rings. The van der Waals surface area contributed by atoms with Gasteiger partial charge in [-0.3, -0.25) is 4.79 Å². The van der Waals surface area contributed by atoms with Crippen LogP contribution in [0.1, 0.15) is 43.9 Å². The first-order valence-corrected chi connectivity index (χ1v) is 8.15. The number of alkyl halides is 3. The largest absolute Gasteiger partial charge is 0.542 e. The number of hydrogen-bond donors (Lipinski definition) is 2. The number of rotatable bonds is 5. The molecule has 0 aliphatic heterocycles. The second-order valence-electron chi connectivity index (χ2n) is 7.02.